The minimum Gasteiger partial charge on any atom is -0.356 e. The highest BCUT2D eigenvalue weighted by Crippen LogP contribution is 2.33. The molecule has 3 nitrogen and oxygen atoms in total. The first kappa shape index (κ1) is 19.5. The molecule has 0 aliphatic carbocycles. The lowest BCUT2D eigenvalue weighted by Crippen LogP contribution is -2.31. The molecule has 1 aromatic heterocycles. The Balaban J connectivity index is 1.29. The first-order chi connectivity index (χ1) is 14.7. The molecule has 1 unspecified atom stereocenters. The van der Waals surface area contributed by atoms with Crippen molar-refractivity contribution in [3.05, 3.63) is 93.9 Å². The molecule has 5 rings (SSSR count). The van der Waals surface area contributed by atoms with Gasteiger partial charge in [-0.25, -0.2) is 9.37 Å². The van der Waals surface area contributed by atoms with Gasteiger partial charge in [0, 0.05) is 43.7 Å². The molecule has 0 N–H and O–H groups in total. The van der Waals surface area contributed by atoms with E-state index in [-0.39, 0.29) is 11.7 Å². The van der Waals surface area contributed by atoms with Crippen LogP contribution in [0.2, 0.25) is 5.02 Å². The van der Waals surface area contributed by atoms with Crippen LogP contribution < -0.4 is 4.90 Å². The third kappa shape index (κ3) is 4.07. The number of fused-ring (bicyclic) bond motifs is 1. The molecule has 3 heterocycles. The number of nitrogens with zero attached hydrogens (tertiary/aromatic N) is 3. The largest absolute Gasteiger partial charge is 0.356 e. The average Bonchev–Trinajstić information content (AvgIpc) is 3.24. The molecular weight excluding hydrogens is 397 g/mol. The standard InChI is InChI=1S/C25H25ClFN3/c26-21-7-8-22(23(27)14-21)20-11-13-30(16-20)25-9-6-19-10-12-29(17-24(19)28-25)15-18-4-2-1-3-5-18/h1-9,14,20H,10-13,15-17H2. The summed E-state index contributed by atoms with van der Waals surface area (Å²) < 4.78 is 14.4. The summed E-state index contributed by atoms with van der Waals surface area (Å²) in [5.74, 6) is 0.978. The van der Waals surface area contributed by atoms with E-state index < -0.39 is 0 Å². The summed E-state index contributed by atoms with van der Waals surface area (Å²) in [7, 11) is 0. The minimum atomic E-state index is -0.204. The van der Waals surface area contributed by atoms with E-state index in [2.05, 4.69) is 52.3 Å². The molecular formula is C25H25ClFN3. The number of aromatic nitrogens is 1. The van der Waals surface area contributed by atoms with Gasteiger partial charge in [0.05, 0.1) is 5.69 Å². The summed E-state index contributed by atoms with van der Waals surface area (Å²) in [4.78, 5) is 9.77. The van der Waals surface area contributed by atoms with Crippen LogP contribution in [0.1, 0.15) is 34.7 Å². The quantitative estimate of drug-likeness (QED) is 0.560. The topological polar surface area (TPSA) is 19.4 Å². The van der Waals surface area contributed by atoms with Crippen LogP contribution in [0.4, 0.5) is 10.2 Å². The van der Waals surface area contributed by atoms with Crippen LogP contribution >= 0.6 is 11.6 Å². The van der Waals surface area contributed by atoms with Crippen molar-refractivity contribution in [1.82, 2.24) is 9.88 Å². The Morgan fingerprint density at radius 3 is 2.73 bits per heavy atom. The molecule has 1 atom stereocenters. The van der Waals surface area contributed by atoms with Crippen LogP contribution in [0, 0.1) is 5.82 Å². The van der Waals surface area contributed by atoms with E-state index in [0.29, 0.717) is 5.02 Å². The molecule has 154 valence electrons. The average molecular weight is 422 g/mol. The molecule has 5 heteroatoms. The van der Waals surface area contributed by atoms with Gasteiger partial charge in [0.2, 0.25) is 0 Å². The van der Waals surface area contributed by atoms with Crippen LogP contribution in [0.3, 0.4) is 0 Å². The van der Waals surface area contributed by atoms with Gasteiger partial charge in [-0.2, -0.15) is 0 Å². The molecule has 2 aliphatic heterocycles. The highest BCUT2D eigenvalue weighted by molar-refractivity contribution is 6.30. The molecule has 0 amide bonds. The Morgan fingerprint density at radius 2 is 1.90 bits per heavy atom. The van der Waals surface area contributed by atoms with Gasteiger partial charge in [0.1, 0.15) is 11.6 Å². The summed E-state index contributed by atoms with van der Waals surface area (Å²) in [6, 6.07) is 20.0. The van der Waals surface area contributed by atoms with Gasteiger partial charge in [0.15, 0.2) is 0 Å². The van der Waals surface area contributed by atoms with Crippen molar-refractivity contribution in [3.63, 3.8) is 0 Å². The normalized spacial score (nSPS) is 19.1. The van der Waals surface area contributed by atoms with Gasteiger partial charge < -0.3 is 4.90 Å². The smallest absolute Gasteiger partial charge is 0.128 e. The molecule has 1 saturated heterocycles. The highest BCUT2D eigenvalue weighted by Gasteiger charge is 2.28. The Bertz CT molecular complexity index is 1040. The number of rotatable bonds is 4. The maximum atomic E-state index is 14.4. The fourth-order valence-electron chi connectivity index (χ4n) is 4.66. The van der Waals surface area contributed by atoms with E-state index in [1.165, 1.54) is 22.9 Å². The zero-order valence-corrected chi connectivity index (χ0v) is 17.7. The number of pyridine rings is 1. The van der Waals surface area contributed by atoms with Gasteiger partial charge in [-0.05, 0) is 47.7 Å². The van der Waals surface area contributed by atoms with Crippen LogP contribution in [0.5, 0.6) is 0 Å². The zero-order valence-electron chi connectivity index (χ0n) is 16.9. The van der Waals surface area contributed by atoms with E-state index >= 15 is 0 Å². The van der Waals surface area contributed by atoms with Crippen LogP contribution in [0.15, 0.2) is 60.7 Å². The van der Waals surface area contributed by atoms with Crippen molar-refractivity contribution in [2.24, 2.45) is 0 Å². The molecule has 1 fully saturated rings. The van der Waals surface area contributed by atoms with E-state index in [1.54, 1.807) is 6.07 Å². The van der Waals surface area contributed by atoms with Crippen molar-refractivity contribution in [2.75, 3.05) is 24.5 Å². The number of benzene rings is 2. The zero-order chi connectivity index (χ0) is 20.5. The molecule has 0 radical (unpaired) electrons. The molecule has 2 aromatic carbocycles. The third-order valence-corrected chi connectivity index (χ3v) is 6.52. The van der Waals surface area contributed by atoms with Crippen LogP contribution in [-0.2, 0) is 19.5 Å². The Hall–Kier alpha value is -2.43. The maximum absolute atomic E-state index is 14.4. The fourth-order valence-corrected chi connectivity index (χ4v) is 4.82. The Labute approximate surface area is 182 Å². The fraction of sp³-hybridized carbons (Fsp3) is 0.320. The summed E-state index contributed by atoms with van der Waals surface area (Å²) >= 11 is 5.91. The van der Waals surface area contributed by atoms with Gasteiger partial charge in [-0.3, -0.25) is 4.90 Å². The van der Waals surface area contributed by atoms with Crippen molar-refractivity contribution >= 4 is 17.4 Å². The lowest BCUT2D eigenvalue weighted by Gasteiger charge is -2.29. The summed E-state index contributed by atoms with van der Waals surface area (Å²) in [5.41, 5.74) is 4.62. The summed E-state index contributed by atoms with van der Waals surface area (Å²) in [5, 5.41) is 0.447. The van der Waals surface area contributed by atoms with E-state index in [1.807, 2.05) is 6.07 Å². The second-order valence-corrected chi connectivity index (χ2v) is 8.76. The third-order valence-electron chi connectivity index (χ3n) is 6.29. The number of anilines is 1. The second-order valence-electron chi connectivity index (χ2n) is 8.32. The van der Waals surface area contributed by atoms with Crippen molar-refractivity contribution in [1.29, 1.82) is 0 Å². The predicted octanol–water partition coefficient (Wildman–Crippen LogP) is 5.43. The van der Waals surface area contributed by atoms with Crippen molar-refractivity contribution in [3.8, 4) is 0 Å². The summed E-state index contributed by atoms with van der Waals surface area (Å²) in [6.45, 7) is 4.57. The SMILES string of the molecule is Fc1cc(Cl)ccc1C1CCN(c2ccc3c(n2)CN(Cc2ccccc2)CC3)C1. The van der Waals surface area contributed by atoms with E-state index in [0.717, 1.165) is 56.9 Å². The molecule has 0 spiro atoms. The Morgan fingerprint density at radius 1 is 1.03 bits per heavy atom. The molecule has 0 bridgehead atoms. The van der Waals surface area contributed by atoms with E-state index in [4.69, 9.17) is 16.6 Å². The lowest BCUT2D eigenvalue weighted by atomic mass is 9.98. The van der Waals surface area contributed by atoms with E-state index in [9.17, 15) is 4.39 Å². The van der Waals surface area contributed by atoms with Crippen molar-refractivity contribution in [2.45, 2.75) is 31.8 Å². The monoisotopic (exact) mass is 421 g/mol. The van der Waals surface area contributed by atoms with Crippen molar-refractivity contribution < 1.29 is 4.39 Å². The van der Waals surface area contributed by atoms with Gasteiger partial charge in [-0.15, -0.1) is 0 Å². The van der Waals surface area contributed by atoms with Gasteiger partial charge in [-0.1, -0.05) is 54.1 Å². The van der Waals surface area contributed by atoms with Crippen LogP contribution in [0.25, 0.3) is 0 Å². The summed E-state index contributed by atoms with van der Waals surface area (Å²) in [6.07, 6.45) is 1.96. The molecule has 30 heavy (non-hydrogen) atoms. The van der Waals surface area contributed by atoms with Crippen LogP contribution in [-0.4, -0.2) is 29.5 Å². The molecule has 0 saturated carbocycles. The van der Waals surface area contributed by atoms with Gasteiger partial charge >= 0.3 is 0 Å². The number of hydrogen-bond donors (Lipinski definition) is 0. The first-order valence-electron chi connectivity index (χ1n) is 10.6. The first-order valence-corrected chi connectivity index (χ1v) is 11.0. The lowest BCUT2D eigenvalue weighted by molar-refractivity contribution is 0.241. The molecule has 2 aliphatic rings. The minimum absolute atomic E-state index is 0.176. The number of hydrogen-bond acceptors (Lipinski definition) is 3. The highest BCUT2D eigenvalue weighted by atomic mass is 35.5. The second kappa shape index (κ2) is 8.37. The number of halogens is 2. The maximum Gasteiger partial charge on any atom is 0.128 e. The molecule has 3 aromatic rings. The predicted molar refractivity (Wildman–Crippen MR) is 119 cm³/mol. The Kier molecular flexibility index (Phi) is 5.45. The van der Waals surface area contributed by atoms with Gasteiger partial charge in [0.25, 0.3) is 0 Å².